The number of pyridine rings is 1. The van der Waals surface area contributed by atoms with Crippen molar-refractivity contribution >= 4 is 17.0 Å². The first kappa shape index (κ1) is 23.6. The highest BCUT2D eigenvalue weighted by atomic mass is 16.6. The second-order valence-corrected chi connectivity index (χ2v) is 11.2. The first-order valence-corrected chi connectivity index (χ1v) is 12.8. The maximum Gasteiger partial charge on any atom is 0.410 e. The van der Waals surface area contributed by atoms with Crippen LogP contribution >= 0.6 is 0 Å². The number of hydrogen-bond donors (Lipinski definition) is 0. The average Bonchev–Trinajstić information content (AvgIpc) is 3.24. The molecule has 1 spiro atoms. The molecule has 0 unspecified atom stereocenters. The summed E-state index contributed by atoms with van der Waals surface area (Å²) in [6, 6.07) is 10.4. The smallest absolute Gasteiger partial charge is 0.410 e. The molecule has 0 radical (unpaired) electrons. The minimum atomic E-state index is -0.472. The van der Waals surface area contributed by atoms with E-state index in [1.54, 1.807) is 0 Å². The zero-order valence-electron chi connectivity index (χ0n) is 21.5. The molecule has 2 aliphatic rings. The maximum atomic E-state index is 12.6. The van der Waals surface area contributed by atoms with Crippen LogP contribution in [0.3, 0.4) is 0 Å². The first-order valence-electron chi connectivity index (χ1n) is 12.8. The quantitative estimate of drug-likeness (QED) is 0.467. The van der Waals surface area contributed by atoms with Crippen molar-refractivity contribution in [3.8, 4) is 17.0 Å². The molecule has 0 saturated carbocycles. The van der Waals surface area contributed by atoms with E-state index in [0.717, 1.165) is 60.1 Å². The van der Waals surface area contributed by atoms with Crippen LogP contribution in [0, 0.1) is 0 Å². The van der Waals surface area contributed by atoms with Gasteiger partial charge in [-0.1, -0.05) is 0 Å². The van der Waals surface area contributed by atoms with Gasteiger partial charge in [-0.15, -0.1) is 0 Å². The molecule has 35 heavy (non-hydrogen) atoms. The molecule has 3 aromatic rings. The molecule has 1 amide bonds. The summed E-state index contributed by atoms with van der Waals surface area (Å²) in [4.78, 5) is 19.1. The molecule has 0 bridgehead atoms. The Morgan fingerprint density at radius 3 is 2.54 bits per heavy atom. The molecular weight excluding hydrogens is 440 g/mol. The van der Waals surface area contributed by atoms with Gasteiger partial charge in [0, 0.05) is 47.9 Å². The second kappa shape index (κ2) is 8.85. The fourth-order valence-electron chi connectivity index (χ4n) is 5.40. The van der Waals surface area contributed by atoms with E-state index in [2.05, 4.69) is 27.9 Å². The van der Waals surface area contributed by atoms with E-state index in [9.17, 15) is 4.79 Å². The van der Waals surface area contributed by atoms with Crippen LogP contribution in [0.15, 0.2) is 36.5 Å². The third kappa shape index (κ3) is 4.86. The number of benzene rings is 1. The second-order valence-electron chi connectivity index (χ2n) is 11.2. The third-order valence-corrected chi connectivity index (χ3v) is 7.04. The number of piperidine rings is 1. The lowest BCUT2D eigenvalue weighted by Gasteiger charge is -2.44. The van der Waals surface area contributed by atoms with Gasteiger partial charge in [-0.2, -0.15) is 5.10 Å². The Hall–Kier alpha value is -3.09. The Labute approximate surface area is 207 Å². The average molecular weight is 477 g/mol. The Balaban J connectivity index is 1.39. The van der Waals surface area contributed by atoms with Crippen LogP contribution in [0.2, 0.25) is 0 Å². The molecule has 1 fully saturated rings. The van der Waals surface area contributed by atoms with E-state index < -0.39 is 5.60 Å². The summed E-state index contributed by atoms with van der Waals surface area (Å²) in [7, 11) is 0. The number of carbonyl (C=O) groups excluding carboxylic acids is 1. The van der Waals surface area contributed by atoms with Crippen LogP contribution in [0.4, 0.5) is 4.79 Å². The molecule has 1 saturated heterocycles. The first-order chi connectivity index (χ1) is 16.6. The van der Waals surface area contributed by atoms with Crippen molar-refractivity contribution in [3.63, 3.8) is 0 Å². The molecule has 4 heterocycles. The van der Waals surface area contributed by atoms with Gasteiger partial charge in [0.05, 0.1) is 17.3 Å². The number of carbonyl (C=O) groups is 1. The highest BCUT2D eigenvalue weighted by molar-refractivity contribution is 5.84. The van der Waals surface area contributed by atoms with Crippen molar-refractivity contribution in [2.45, 2.75) is 84.0 Å². The van der Waals surface area contributed by atoms with Gasteiger partial charge in [0.25, 0.3) is 0 Å². The number of fused-ring (bicyclic) bond motifs is 3. The summed E-state index contributed by atoms with van der Waals surface area (Å²) in [5.74, 6) is 0.853. The standard InChI is InChI=1S/C28H36N4O3/c1-19(2)34-22-7-8-23-20(16-22)15-21(18-29-23)24-17-25-28(9-6-12-32(25)30-24)10-13-31(14-11-28)26(33)35-27(3,4)5/h7-8,15-19H,6,9-14H2,1-5H3. The number of nitrogens with zero attached hydrogens (tertiary/aromatic N) is 4. The Bertz CT molecular complexity index is 1230. The number of aryl methyl sites for hydroxylation is 1. The lowest BCUT2D eigenvalue weighted by Crippen LogP contribution is -2.48. The SMILES string of the molecule is CC(C)Oc1ccc2ncc(-c3cc4n(n3)CCCC43CCN(C(=O)OC(C)(C)C)CC3)cc2c1. The number of aromatic nitrogens is 3. The van der Waals surface area contributed by atoms with E-state index in [4.69, 9.17) is 14.6 Å². The topological polar surface area (TPSA) is 69.5 Å². The lowest BCUT2D eigenvalue weighted by molar-refractivity contribution is 0.0144. The summed E-state index contributed by atoms with van der Waals surface area (Å²) in [6.07, 6.45) is 5.93. The number of hydrogen-bond acceptors (Lipinski definition) is 5. The lowest BCUT2D eigenvalue weighted by atomic mass is 9.70. The van der Waals surface area contributed by atoms with Crippen LogP contribution in [-0.2, 0) is 16.7 Å². The highest BCUT2D eigenvalue weighted by Crippen LogP contribution is 2.44. The highest BCUT2D eigenvalue weighted by Gasteiger charge is 2.42. The van der Waals surface area contributed by atoms with Gasteiger partial charge in [-0.3, -0.25) is 9.67 Å². The molecule has 0 atom stereocenters. The largest absolute Gasteiger partial charge is 0.491 e. The van der Waals surface area contributed by atoms with E-state index in [-0.39, 0.29) is 17.6 Å². The van der Waals surface area contributed by atoms with Crippen molar-refractivity contribution in [3.05, 3.63) is 42.2 Å². The van der Waals surface area contributed by atoms with E-state index >= 15 is 0 Å². The van der Waals surface area contributed by atoms with E-state index in [1.165, 1.54) is 5.69 Å². The van der Waals surface area contributed by atoms with Gasteiger partial charge in [-0.25, -0.2) is 4.79 Å². The van der Waals surface area contributed by atoms with E-state index in [1.807, 2.05) is 57.8 Å². The molecule has 186 valence electrons. The van der Waals surface area contributed by atoms with Crippen LogP contribution in [-0.4, -0.2) is 50.6 Å². The zero-order valence-corrected chi connectivity index (χ0v) is 21.5. The number of rotatable bonds is 3. The Morgan fingerprint density at radius 2 is 1.83 bits per heavy atom. The maximum absolute atomic E-state index is 12.6. The van der Waals surface area contributed by atoms with Gasteiger partial charge in [0.2, 0.25) is 0 Å². The fourth-order valence-corrected chi connectivity index (χ4v) is 5.40. The van der Waals surface area contributed by atoms with Crippen molar-refractivity contribution < 1.29 is 14.3 Å². The van der Waals surface area contributed by atoms with Gasteiger partial charge >= 0.3 is 6.09 Å². The number of likely N-dealkylation sites (tertiary alicyclic amines) is 1. The van der Waals surface area contributed by atoms with Crippen LogP contribution < -0.4 is 4.74 Å². The van der Waals surface area contributed by atoms with Crippen molar-refractivity contribution in [1.29, 1.82) is 0 Å². The minimum Gasteiger partial charge on any atom is -0.491 e. The summed E-state index contributed by atoms with van der Waals surface area (Å²) in [5.41, 5.74) is 3.80. The van der Waals surface area contributed by atoms with Crippen LogP contribution in [0.25, 0.3) is 22.2 Å². The third-order valence-electron chi connectivity index (χ3n) is 7.04. The predicted molar refractivity (Wildman–Crippen MR) is 137 cm³/mol. The number of ether oxygens (including phenoxy) is 2. The number of amides is 1. The molecule has 2 aliphatic heterocycles. The molecule has 2 aromatic heterocycles. The molecule has 5 rings (SSSR count). The summed E-state index contributed by atoms with van der Waals surface area (Å²) >= 11 is 0. The van der Waals surface area contributed by atoms with Crippen molar-refractivity contribution in [2.75, 3.05) is 13.1 Å². The van der Waals surface area contributed by atoms with Crippen LogP contribution in [0.1, 0.15) is 66.0 Å². The summed E-state index contributed by atoms with van der Waals surface area (Å²) in [6.45, 7) is 12.2. The van der Waals surface area contributed by atoms with Gasteiger partial charge in [-0.05, 0) is 90.6 Å². The molecule has 1 aromatic carbocycles. The van der Waals surface area contributed by atoms with Crippen molar-refractivity contribution in [2.24, 2.45) is 0 Å². The molecule has 7 nitrogen and oxygen atoms in total. The molecule has 0 aliphatic carbocycles. The summed E-state index contributed by atoms with van der Waals surface area (Å²) < 4.78 is 13.7. The van der Waals surface area contributed by atoms with Gasteiger partial charge in [0.1, 0.15) is 11.4 Å². The van der Waals surface area contributed by atoms with E-state index in [0.29, 0.717) is 13.1 Å². The van der Waals surface area contributed by atoms with Crippen molar-refractivity contribution in [1.82, 2.24) is 19.7 Å². The predicted octanol–water partition coefficient (Wildman–Crippen LogP) is 5.95. The van der Waals surface area contributed by atoms with Crippen LogP contribution in [0.5, 0.6) is 5.75 Å². The minimum absolute atomic E-state index is 0.0601. The molecular formula is C28H36N4O3. The van der Waals surface area contributed by atoms with Gasteiger partial charge in [0.15, 0.2) is 0 Å². The molecule has 7 heteroatoms. The fraction of sp³-hybridized carbons (Fsp3) is 0.536. The monoisotopic (exact) mass is 476 g/mol. The normalized spacial score (nSPS) is 17.6. The Morgan fingerprint density at radius 1 is 1.06 bits per heavy atom. The summed E-state index contributed by atoms with van der Waals surface area (Å²) in [5, 5.41) is 6.04. The Kier molecular flexibility index (Phi) is 5.98. The zero-order chi connectivity index (χ0) is 24.8. The van der Waals surface area contributed by atoms with Gasteiger partial charge < -0.3 is 14.4 Å². The molecule has 0 N–H and O–H groups in total.